The first-order chi connectivity index (χ1) is 8.84. The van der Waals surface area contributed by atoms with Gasteiger partial charge in [0, 0.05) is 26.0 Å². The third-order valence-corrected chi connectivity index (χ3v) is 2.72. The van der Waals surface area contributed by atoms with Crippen LogP contribution in [0.15, 0.2) is 31.0 Å². The van der Waals surface area contributed by atoms with E-state index in [9.17, 15) is 0 Å². The number of nitrogens with zero attached hydrogens (tertiary/aromatic N) is 6. The predicted octanol–water partition coefficient (Wildman–Crippen LogP) is 0.672. The second-order valence-electron chi connectivity index (χ2n) is 3.92. The lowest BCUT2D eigenvalue weighted by molar-refractivity contribution is 0.637. The molecule has 0 fully saturated rings. The third-order valence-electron chi connectivity index (χ3n) is 2.72. The molecule has 0 amide bonds. The maximum Gasteiger partial charge on any atom is 0.163 e. The van der Waals surface area contributed by atoms with Gasteiger partial charge in [0.15, 0.2) is 5.65 Å². The molecule has 0 aliphatic heterocycles. The highest BCUT2D eigenvalue weighted by atomic mass is 15.3. The van der Waals surface area contributed by atoms with Crippen molar-refractivity contribution < 1.29 is 0 Å². The van der Waals surface area contributed by atoms with Gasteiger partial charge in [0.25, 0.3) is 0 Å². The highest BCUT2D eigenvalue weighted by Crippen LogP contribution is 2.17. The van der Waals surface area contributed by atoms with E-state index in [1.54, 1.807) is 23.4 Å². The molecule has 0 unspecified atom stereocenters. The molecule has 0 atom stereocenters. The lowest BCUT2D eigenvalue weighted by Gasteiger charge is -2.06. The number of aromatic nitrogens is 6. The van der Waals surface area contributed by atoms with E-state index in [0.717, 1.165) is 29.9 Å². The fraction of sp³-hybridized carbons (Fsp3) is 0.273. The minimum Gasteiger partial charge on any atom is -0.367 e. The van der Waals surface area contributed by atoms with Crippen molar-refractivity contribution in [2.24, 2.45) is 7.05 Å². The molecule has 1 N–H and O–H groups in total. The van der Waals surface area contributed by atoms with Crippen LogP contribution in [0.4, 0.5) is 5.82 Å². The van der Waals surface area contributed by atoms with Crippen LogP contribution in [-0.4, -0.2) is 36.1 Å². The Hall–Kier alpha value is -2.44. The second kappa shape index (κ2) is 4.44. The van der Waals surface area contributed by atoms with Gasteiger partial charge in [-0.25, -0.2) is 9.97 Å². The fourth-order valence-electron chi connectivity index (χ4n) is 1.82. The molecule has 0 bridgehead atoms. The normalized spacial score (nSPS) is 10.9. The van der Waals surface area contributed by atoms with Crippen LogP contribution in [-0.2, 0) is 13.6 Å². The summed E-state index contributed by atoms with van der Waals surface area (Å²) in [5.41, 5.74) is 0.826. The van der Waals surface area contributed by atoms with Crippen molar-refractivity contribution in [2.75, 3.05) is 11.9 Å². The lowest BCUT2D eigenvalue weighted by Crippen LogP contribution is -2.11. The van der Waals surface area contributed by atoms with E-state index in [-0.39, 0.29) is 0 Å². The molecular formula is C11H13N7. The largest absolute Gasteiger partial charge is 0.367 e. The zero-order valence-corrected chi connectivity index (χ0v) is 9.98. The molecule has 7 heteroatoms. The molecule has 0 radical (unpaired) electrons. The molecule has 0 saturated heterocycles. The van der Waals surface area contributed by atoms with Crippen LogP contribution in [0.25, 0.3) is 11.0 Å². The number of anilines is 1. The third kappa shape index (κ3) is 1.90. The second-order valence-corrected chi connectivity index (χ2v) is 3.92. The molecule has 0 saturated carbocycles. The first kappa shape index (κ1) is 10.7. The number of hydrogen-bond donors (Lipinski definition) is 1. The predicted molar refractivity (Wildman–Crippen MR) is 67.0 cm³/mol. The van der Waals surface area contributed by atoms with Gasteiger partial charge in [-0.05, 0) is 6.07 Å². The van der Waals surface area contributed by atoms with Crippen LogP contribution in [0.5, 0.6) is 0 Å². The minimum atomic E-state index is 0.753. The van der Waals surface area contributed by atoms with Crippen LogP contribution in [0.1, 0.15) is 0 Å². The molecular weight excluding hydrogens is 230 g/mol. The van der Waals surface area contributed by atoms with Crippen molar-refractivity contribution in [1.29, 1.82) is 0 Å². The molecule has 0 aliphatic carbocycles. The van der Waals surface area contributed by atoms with Gasteiger partial charge in [-0.2, -0.15) is 10.2 Å². The summed E-state index contributed by atoms with van der Waals surface area (Å²) in [6.07, 6.45) is 7.01. The van der Waals surface area contributed by atoms with Gasteiger partial charge in [-0.1, -0.05) is 0 Å². The van der Waals surface area contributed by atoms with Crippen LogP contribution >= 0.6 is 0 Å². The summed E-state index contributed by atoms with van der Waals surface area (Å²) in [6, 6.07) is 1.91. The maximum atomic E-state index is 4.23. The van der Waals surface area contributed by atoms with Gasteiger partial charge in [-0.15, -0.1) is 0 Å². The Morgan fingerprint density at radius 1 is 1.28 bits per heavy atom. The average Bonchev–Trinajstić information content (AvgIpc) is 3.01. The minimum absolute atomic E-state index is 0.753. The number of hydrogen-bond acceptors (Lipinski definition) is 5. The number of rotatable bonds is 4. The Morgan fingerprint density at radius 2 is 2.22 bits per heavy atom. The van der Waals surface area contributed by atoms with Crippen molar-refractivity contribution >= 4 is 16.9 Å². The summed E-state index contributed by atoms with van der Waals surface area (Å²) in [4.78, 5) is 8.43. The van der Waals surface area contributed by atoms with Gasteiger partial charge in [0.2, 0.25) is 0 Å². The molecule has 3 aromatic rings. The quantitative estimate of drug-likeness (QED) is 0.729. The first-order valence-electron chi connectivity index (χ1n) is 5.68. The van der Waals surface area contributed by atoms with E-state index >= 15 is 0 Å². The molecule has 92 valence electrons. The van der Waals surface area contributed by atoms with Crippen molar-refractivity contribution in [3.8, 4) is 0 Å². The van der Waals surface area contributed by atoms with Crippen LogP contribution in [0, 0.1) is 0 Å². The van der Waals surface area contributed by atoms with E-state index in [0.29, 0.717) is 0 Å². The van der Waals surface area contributed by atoms with Gasteiger partial charge in [-0.3, -0.25) is 9.36 Å². The van der Waals surface area contributed by atoms with Crippen molar-refractivity contribution in [3.63, 3.8) is 0 Å². The fourth-order valence-corrected chi connectivity index (χ4v) is 1.82. The Labute approximate surface area is 103 Å². The molecule has 0 spiro atoms. The molecule has 0 aromatic carbocycles. The molecule has 7 nitrogen and oxygen atoms in total. The Kier molecular flexibility index (Phi) is 2.64. The monoisotopic (exact) mass is 243 g/mol. The highest BCUT2D eigenvalue weighted by Gasteiger charge is 2.06. The van der Waals surface area contributed by atoms with Crippen LogP contribution in [0.3, 0.4) is 0 Å². The van der Waals surface area contributed by atoms with E-state index in [2.05, 4.69) is 25.5 Å². The molecule has 3 aromatic heterocycles. The average molecular weight is 243 g/mol. The van der Waals surface area contributed by atoms with Gasteiger partial charge in [0.1, 0.15) is 12.1 Å². The highest BCUT2D eigenvalue weighted by molar-refractivity contribution is 5.85. The van der Waals surface area contributed by atoms with Gasteiger partial charge in [0.05, 0.1) is 18.1 Å². The SMILES string of the molecule is Cn1ncc2c(NCCn3cccn3)ncnc21. The Morgan fingerprint density at radius 3 is 3.06 bits per heavy atom. The molecule has 18 heavy (non-hydrogen) atoms. The van der Waals surface area contributed by atoms with Crippen LogP contribution < -0.4 is 5.32 Å². The summed E-state index contributed by atoms with van der Waals surface area (Å²) in [5.74, 6) is 0.806. The summed E-state index contributed by atoms with van der Waals surface area (Å²) in [7, 11) is 1.86. The zero-order chi connectivity index (χ0) is 12.4. The summed E-state index contributed by atoms with van der Waals surface area (Å²) in [6.45, 7) is 1.54. The topological polar surface area (TPSA) is 73.5 Å². The van der Waals surface area contributed by atoms with E-state index < -0.39 is 0 Å². The zero-order valence-electron chi connectivity index (χ0n) is 9.98. The van der Waals surface area contributed by atoms with Gasteiger partial charge < -0.3 is 5.32 Å². The number of nitrogens with one attached hydrogen (secondary N) is 1. The first-order valence-corrected chi connectivity index (χ1v) is 5.68. The Bertz CT molecular complexity index is 641. The molecule has 0 aliphatic rings. The van der Waals surface area contributed by atoms with Crippen molar-refractivity contribution in [1.82, 2.24) is 29.5 Å². The number of aryl methyl sites for hydroxylation is 1. The van der Waals surface area contributed by atoms with Crippen molar-refractivity contribution in [2.45, 2.75) is 6.54 Å². The number of fused-ring (bicyclic) bond motifs is 1. The van der Waals surface area contributed by atoms with Crippen LogP contribution in [0.2, 0.25) is 0 Å². The lowest BCUT2D eigenvalue weighted by atomic mass is 10.4. The molecule has 3 heterocycles. The van der Waals surface area contributed by atoms with Crippen molar-refractivity contribution in [3.05, 3.63) is 31.0 Å². The molecule has 3 rings (SSSR count). The maximum absolute atomic E-state index is 4.23. The van der Waals surface area contributed by atoms with E-state index in [1.807, 2.05) is 24.0 Å². The van der Waals surface area contributed by atoms with E-state index in [4.69, 9.17) is 0 Å². The van der Waals surface area contributed by atoms with E-state index in [1.165, 1.54) is 0 Å². The summed E-state index contributed by atoms with van der Waals surface area (Å²) < 4.78 is 3.60. The Balaban J connectivity index is 1.74. The van der Waals surface area contributed by atoms with Gasteiger partial charge >= 0.3 is 0 Å². The standard InChI is InChI=1S/C11H13N7/c1-17-11-9(7-16-17)10(13-8-14-11)12-4-6-18-5-2-3-15-18/h2-3,5,7-8H,4,6H2,1H3,(H,12,13,14). The smallest absolute Gasteiger partial charge is 0.163 e. The summed E-state index contributed by atoms with van der Waals surface area (Å²) >= 11 is 0. The summed E-state index contributed by atoms with van der Waals surface area (Å²) in [5, 5.41) is 12.5.